The molecule has 1 aromatic carbocycles. The van der Waals surface area contributed by atoms with Crippen LogP contribution >= 0.6 is 0 Å². The molecule has 0 aromatic heterocycles. The van der Waals surface area contributed by atoms with Crippen molar-refractivity contribution in [2.24, 2.45) is 0 Å². The molecule has 0 radical (unpaired) electrons. The third kappa shape index (κ3) is 6.07. The summed E-state index contributed by atoms with van der Waals surface area (Å²) >= 11 is 0. The second-order valence-electron chi connectivity index (χ2n) is 4.30. The van der Waals surface area contributed by atoms with Crippen LogP contribution in [-0.4, -0.2) is 19.0 Å². The molecule has 94 valence electrons. The first-order chi connectivity index (χ1) is 8.22. The molecule has 1 rings (SSSR count). The number of nitrogens with one attached hydrogen (secondary N) is 2. The van der Waals surface area contributed by atoms with Gasteiger partial charge in [-0.1, -0.05) is 43.2 Å². The first-order valence-corrected chi connectivity index (χ1v) is 6.25. The van der Waals surface area contributed by atoms with Crippen molar-refractivity contribution in [1.29, 1.82) is 0 Å². The topological polar surface area (TPSA) is 41.1 Å². The van der Waals surface area contributed by atoms with Crippen LogP contribution in [0.5, 0.6) is 0 Å². The molecule has 0 atom stereocenters. The lowest BCUT2D eigenvalue weighted by atomic mass is 10.1. The van der Waals surface area contributed by atoms with Crippen LogP contribution in [-0.2, 0) is 11.3 Å². The van der Waals surface area contributed by atoms with Gasteiger partial charge in [0.15, 0.2) is 0 Å². The van der Waals surface area contributed by atoms with Crippen molar-refractivity contribution in [2.45, 2.75) is 33.2 Å². The normalized spacial score (nSPS) is 10.2. The zero-order valence-electron chi connectivity index (χ0n) is 10.8. The van der Waals surface area contributed by atoms with E-state index in [0.29, 0.717) is 13.1 Å². The molecule has 3 nitrogen and oxygen atoms in total. The maximum Gasteiger partial charge on any atom is 0.234 e. The Kier molecular flexibility index (Phi) is 6.33. The summed E-state index contributed by atoms with van der Waals surface area (Å²) in [5.41, 5.74) is 2.37. The van der Waals surface area contributed by atoms with E-state index < -0.39 is 0 Å². The molecule has 0 saturated heterocycles. The molecule has 0 aliphatic heterocycles. The van der Waals surface area contributed by atoms with Crippen molar-refractivity contribution in [3.05, 3.63) is 35.4 Å². The Morgan fingerprint density at radius 1 is 1.35 bits per heavy atom. The van der Waals surface area contributed by atoms with Crippen LogP contribution < -0.4 is 10.6 Å². The van der Waals surface area contributed by atoms with Gasteiger partial charge >= 0.3 is 0 Å². The van der Waals surface area contributed by atoms with E-state index in [9.17, 15) is 4.79 Å². The molecule has 0 saturated carbocycles. The molecule has 3 heteroatoms. The van der Waals surface area contributed by atoms with Gasteiger partial charge in [-0.15, -0.1) is 0 Å². The number of carbonyl (C=O) groups is 1. The van der Waals surface area contributed by atoms with Gasteiger partial charge in [0, 0.05) is 6.54 Å². The summed E-state index contributed by atoms with van der Waals surface area (Å²) in [6.07, 6.45) is 2.27. The molecule has 0 aliphatic carbocycles. The van der Waals surface area contributed by atoms with Gasteiger partial charge in [-0.2, -0.15) is 0 Å². The summed E-state index contributed by atoms with van der Waals surface area (Å²) in [5.74, 6) is 0.0580. The van der Waals surface area contributed by atoms with Gasteiger partial charge in [-0.3, -0.25) is 4.79 Å². The van der Waals surface area contributed by atoms with E-state index >= 15 is 0 Å². The number of aryl methyl sites for hydroxylation is 1. The second kappa shape index (κ2) is 7.85. The van der Waals surface area contributed by atoms with Crippen LogP contribution in [0.15, 0.2) is 24.3 Å². The number of carbonyl (C=O) groups excluding carboxylic acids is 1. The summed E-state index contributed by atoms with van der Waals surface area (Å²) in [4.78, 5) is 11.5. The van der Waals surface area contributed by atoms with Crippen molar-refractivity contribution in [1.82, 2.24) is 10.6 Å². The Morgan fingerprint density at radius 3 is 2.88 bits per heavy atom. The van der Waals surface area contributed by atoms with Crippen molar-refractivity contribution in [2.75, 3.05) is 13.1 Å². The van der Waals surface area contributed by atoms with Crippen molar-refractivity contribution < 1.29 is 4.79 Å². The number of rotatable bonds is 7. The van der Waals surface area contributed by atoms with Gasteiger partial charge in [0.1, 0.15) is 0 Å². The summed E-state index contributed by atoms with van der Waals surface area (Å²) in [6, 6.07) is 8.18. The van der Waals surface area contributed by atoms with Gasteiger partial charge in [0.25, 0.3) is 0 Å². The molecule has 0 bridgehead atoms. The second-order valence-corrected chi connectivity index (χ2v) is 4.30. The van der Waals surface area contributed by atoms with Crippen LogP contribution in [0.25, 0.3) is 0 Å². The maximum absolute atomic E-state index is 11.5. The lowest BCUT2D eigenvalue weighted by Gasteiger charge is -2.07. The fourth-order valence-corrected chi connectivity index (χ4v) is 1.59. The third-order valence-electron chi connectivity index (χ3n) is 2.56. The first-order valence-electron chi connectivity index (χ1n) is 6.25. The Bertz CT molecular complexity index is 350. The molecule has 2 N–H and O–H groups in total. The van der Waals surface area contributed by atoms with Gasteiger partial charge in [0.05, 0.1) is 6.54 Å². The van der Waals surface area contributed by atoms with Crippen molar-refractivity contribution >= 4 is 5.91 Å². The molecular weight excluding hydrogens is 212 g/mol. The van der Waals surface area contributed by atoms with Crippen LogP contribution in [0.4, 0.5) is 0 Å². The summed E-state index contributed by atoms with van der Waals surface area (Å²) in [7, 11) is 0. The van der Waals surface area contributed by atoms with Crippen LogP contribution in [0, 0.1) is 6.92 Å². The molecule has 0 fully saturated rings. The van der Waals surface area contributed by atoms with E-state index in [1.165, 1.54) is 5.56 Å². The predicted octanol–water partition coefficient (Wildman–Crippen LogP) is 2.00. The molecule has 0 spiro atoms. The van der Waals surface area contributed by atoms with E-state index in [1.807, 2.05) is 12.1 Å². The monoisotopic (exact) mass is 234 g/mol. The number of hydrogen-bond donors (Lipinski definition) is 2. The van der Waals surface area contributed by atoms with Gasteiger partial charge in [0.2, 0.25) is 5.91 Å². The van der Waals surface area contributed by atoms with Gasteiger partial charge in [-0.25, -0.2) is 0 Å². The third-order valence-corrected chi connectivity index (χ3v) is 2.56. The molecule has 1 amide bonds. The van der Waals surface area contributed by atoms with Gasteiger partial charge in [-0.05, 0) is 25.5 Å². The minimum Gasteiger partial charge on any atom is -0.351 e. The number of benzene rings is 1. The lowest BCUT2D eigenvalue weighted by Crippen LogP contribution is -2.33. The van der Waals surface area contributed by atoms with Crippen molar-refractivity contribution in [3.63, 3.8) is 0 Å². The molecule has 0 unspecified atom stereocenters. The van der Waals surface area contributed by atoms with Crippen LogP contribution in [0.2, 0.25) is 0 Å². The highest BCUT2D eigenvalue weighted by Gasteiger charge is 2.00. The summed E-state index contributed by atoms with van der Waals surface area (Å²) in [5, 5.41) is 6.02. The minimum atomic E-state index is 0.0580. The van der Waals surface area contributed by atoms with Gasteiger partial charge < -0.3 is 10.6 Å². The molecule has 1 aromatic rings. The fourth-order valence-electron chi connectivity index (χ4n) is 1.59. The molecular formula is C14H22N2O. The Morgan fingerprint density at radius 2 is 2.18 bits per heavy atom. The first kappa shape index (κ1) is 13.7. The maximum atomic E-state index is 11.5. The Balaban J connectivity index is 2.19. The smallest absolute Gasteiger partial charge is 0.234 e. The minimum absolute atomic E-state index is 0.0580. The molecule has 0 aliphatic rings. The van der Waals surface area contributed by atoms with Crippen molar-refractivity contribution in [3.8, 4) is 0 Å². The molecule has 0 heterocycles. The standard InChI is InChI=1S/C14H22N2O/c1-3-4-8-15-11-14(17)16-10-13-7-5-6-12(2)9-13/h5-7,9,15H,3-4,8,10-11H2,1-2H3,(H,16,17). The van der Waals surface area contributed by atoms with Crippen LogP contribution in [0.3, 0.4) is 0 Å². The highest BCUT2D eigenvalue weighted by Crippen LogP contribution is 2.02. The predicted molar refractivity (Wildman–Crippen MR) is 70.8 cm³/mol. The summed E-state index contributed by atoms with van der Waals surface area (Å²) in [6.45, 7) is 6.12. The number of hydrogen-bond acceptors (Lipinski definition) is 2. The molecule has 17 heavy (non-hydrogen) atoms. The van der Waals surface area contributed by atoms with E-state index in [-0.39, 0.29) is 5.91 Å². The average molecular weight is 234 g/mol. The zero-order valence-corrected chi connectivity index (χ0v) is 10.8. The van der Waals surface area contributed by atoms with E-state index in [4.69, 9.17) is 0 Å². The SMILES string of the molecule is CCCCNCC(=O)NCc1cccc(C)c1. The fraction of sp³-hybridized carbons (Fsp3) is 0.500. The number of unbranched alkanes of at least 4 members (excludes halogenated alkanes) is 1. The van der Waals surface area contributed by atoms with E-state index in [0.717, 1.165) is 24.9 Å². The summed E-state index contributed by atoms with van der Waals surface area (Å²) < 4.78 is 0. The lowest BCUT2D eigenvalue weighted by molar-refractivity contribution is -0.120. The Labute approximate surface area is 104 Å². The van der Waals surface area contributed by atoms with E-state index in [1.54, 1.807) is 0 Å². The highest BCUT2D eigenvalue weighted by atomic mass is 16.1. The highest BCUT2D eigenvalue weighted by molar-refractivity contribution is 5.77. The van der Waals surface area contributed by atoms with Crippen LogP contribution in [0.1, 0.15) is 30.9 Å². The quantitative estimate of drug-likeness (QED) is 0.708. The van der Waals surface area contributed by atoms with E-state index in [2.05, 4.69) is 36.6 Å². The largest absolute Gasteiger partial charge is 0.351 e. The average Bonchev–Trinajstić information content (AvgIpc) is 2.32. The Hall–Kier alpha value is -1.35. The number of amides is 1. The zero-order chi connectivity index (χ0) is 12.5.